The molecule has 0 spiro atoms. The van der Waals surface area contributed by atoms with Gasteiger partial charge in [-0.05, 0) is 17.7 Å². The molecular weight excluding hydrogens is 266 g/mol. The van der Waals surface area contributed by atoms with Gasteiger partial charge in [-0.25, -0.2) is 0 Å². The van der Waals surface area contributed by atoms with Gasteiger partial charge in [0.05, 0.1) is 12.7 Å². The Bertz CT molecular complexity index is 411. The van der Waals surface area contributed by atoms with Gasteiger partial charge in [-0.3, -0.25) is 9.69 Å². The molecule has 0 aromatic heterocycles. The number of nitrogens with zero attached hydrogens (tertiary/aromatic N) is 1. The second-order valence-corrected chi connectivity index (χ2v) is 4.52. The maximum atomic E-state index is 11.0. The van der Waals surface area contributed by atoms with Crippen molar-refractivity contribution in [2.75, 3.05) is 26.2 Å². The third kappa shape index (κ3) is 4.47. The van der Waals surface area contributed by atoms with Gasteiger partial charge in [0.15, 0.2) is 0 Å². The number of ether oxygens (including phenoxy) is 1. The highest BCUT2D eigenvalue weighted by Crippen LogP contribution is 2.11. The van der Waals surface area contributed by atoms with Crippen LogP contribution < -0.4 is 11.5 Å². The molecule has 1 heterocycles. The molecule has 19 heavy (non-hydrogen) atoms. The first-order chi connectivity index (χ1) is 8.69. The second-order valence-electron chi connectivity index (χ2n) is 4.52. The van der Waals surface area contributed by atoms with Crippen molar-refractivity contribution in [2.45, 2.75) is 12.6 Å². The average Bonchev–Trinajstić information content (AvgIpc) is 2.39. The first-order valence-corrected chi connectivity index (χ1v) is 6.12. The summed E-state index contributed by atoms with van der Waals surface area (Å²) in [5.74, 6) is -0.392. The number of amides is 1. The largest absolute Gasteiger partial charge is 0.374 e. The highest BCUT2D eigenvalue weighted by atomic mass is 35.5. The number of carbonyl (C=O) groups excluding carboxylic acids is 1. The van der Waals surface area contributed by atoms with E-state index in [0.29, 0.717) is 12.1 Å². The Morgan fingerprint density at radius 3 is 2.63 bits per heavy atom. The van der Waals surface area contributed by atoms with Crippen molar-refractivity contribution in [3.8, 4) is 0 Å². The van der Waals surface area contributed by atoms with Crippen LogP contribution in [0.25, 0.3) is 0 Å². The third-order valence-electron chi connectivity index (χ3n) is 3.13. The number of carbonyl (C=O) groups is 1. The average molecular weight is 286 g/mol. The monoisotopic (exact) mass is 285 g/mol. The number of nitrogens with two attached hydrogens (primary N) is 2. The van der Waals surface area contributed by atoms with Gasteiger partial charge in [-0.1, -0.05) is 12.1 Å². The normalized spacial score (nSPS) is 19.7. The summed E-state index contributed by atoms with van der Waals surface area (Å²) in [4.78, 5) is 13.3. The van der Waals surface area contributed by atoms with Crippen molar-refractivity contribution in [3.63, 3.8) is 0 Å². The lowest BCUT2D eigenvalue weighted by molar-refractivity contribution is -0.0260. The maximum Gasteiger partial charge on any atom is 0.248 e. The predicted octanol–water partition coefficient (Wildman–Crippen LogP) is 0.367. The first-order valence-electron chi connectivity index (χ1n) is 6.12. The van der Waals surface area contributed by atoms with Crippen molar-refractivity contribution in [1.82, 2.24) is 4.90 Å². The van der Waals surface area contributed by atoms with Crippen LogP contribution in [-0.4, -0.2) is 43.2 Å². The molecular formula is C13H20ClN3O2. The van der Waals surface area contributed by atoms with Gasteiger partial charge in [0, 0.05) is 31.7 Å². The summed E-state index contributed by atoms with van der Waals surface area (Å²) < 4.78 is 5.52. The summed E-state index contributed by atoms with van der Waals surface area (Å²) in [6.45, 7) is 3.89. The number of morpholine rings is 1. The van der Waals surface area contributed by atoms with E-state index in [-0.39, 0.29) is 18.5 Å². The van der Waals surface area contributed by atoms with Gasteiger partial charge in [0.1, 0.15) is 0 Å². The molecule has 1 saturated heterocycles. The smallest absolute Gasteiger partial charge is 0.248 e. The Morgan fingerprint density at radius 1 is 1.37 bits per heavy atom. The molecule has 1 aliphatic heterocycles. The minimum Gasteiger partial charge on any atom is -0.374 e. The summed E-state index contributed by atoms with van der Waals surface area (Å²) >= 11 is 0. The summed E-state index contributed by atoms with van der Waals surface area (Å²) in [6, 6.07) is 7.40. The number of halogens is 1. The summed E-state index contributed by atoms with van der Waals surface area (Å²) in [5, 5.41) is 0. The van der Waals surface area contributed by atoms with Crippen molar-refractivity contribution in [2.24, 2.45) is 11.5 Å². The van der Waals surface area contributed by atoms with E-state index >= 15 is 0 Å². The van der Waals surface area contributed by atoms with Crippen LogP contribution in [0.15, 0.2) is 24.3 Å². The van der Waals surface area contributed by atoms with Gasteiger partial charge in [0.2, 0.25) is 5.91 Å². The van der Waals surface area contributed by atoms with E-state index in [0.717, 1.165) is 31.8 Å². The van der Waals surface area contributed by atoms with E-state index in [1.54, 1.807) is 12.1 Å². The van der Waals surface area contributed by atoms with Crippen LogP contribution in [0.3, 0.4) is 0 Å². The van der Waals surface area contributed by atoms with Crippen LogP contribution in [0.1, 0.15) is 15.9 Å². The standard InChI is InChI=1S/C13H19N3O2.ClH/c14-7-12-9-16(5-6-18-12)8-10-1-3-11(4-2-10)13(15)17;/h1-4,12H,5-9,14H2,(H2,15,17);1H. The topological polar surface area (TPSA) is 81.6 Å². The molecule has 0 aliphatic carbocycles. The molecule has 6 heteroatoms. The third-order valence-corrected chi connectivity index (χ3v) is 3.13. The minimum absolute atomic E-state index is 0. The SMILES string of the molecule is Cl.NCC1CN(Cc2ccc(C(N)=O)cc2)CCO1. The fourth-order valence-corrected chi connectivity index (χ4v) is 2.10. The fraction of sp³-hybridized carbons (Fsp3) is 0.462. The van der Waals surface area contributed by atoms with Gasteiger partial charge >= 0.3 is 0 Å². The molecule has 1 aromatic carbocycles. The lowest BCUT2D eigenvalue weighted by atomic mass is 10.1. The molecule has 1 fully saturated rings. The minimum atomic E-state index is -0.392. The summed E-state index contributed by atoms with van der Waals surface area (Å²) in [5.41, 5.74) is 12.5. The van der Waals surface area contributed by atoms with Crippen LogP contribution in [0.4, 0.5) is 0 Å². The Labute approximate surface area is 119 Å². The summed E-state index contributed by atoms with van der Waals surface area (Å²) in [7, 11) is 0. The van der Waals surface area contributed by atoms with Gasteiger partial charge in [-0.15, -0.1) is 12.4 Å². The Hall–Kier alpha value is -1.14. The van der Waals surface area contributed by atoms with Gasteiger partial charge in [0.25, 0.3) is 0 Å². The first kappa shape index (κ1) is 15.9. The number of benzene rings is 1. The number of hydrogen-bond acceptors (Lipinski definition) is 4. The lowest BCUT2D eigenvalue weighted by Gasteiger charge is -2.32. The molecule has 0 radical (unpaired) electrons. The molecule has 106 valence electrons. The molecule has 0 bridgehead atoms. The molecule has 4 N–H and O–H groups in total. The van der Waals surface area contributed by atoms with E-state index in [9.17, 15) is 4.79 Å². The van der Waals surface area contributed by atoms with E-state index in [1.807, 2.05) is 12.1 Å². The lowest BCUT2D eigenvalue weighted by Crippen LogP contribution is -2.45. The number of hydrogen-bond donors (Lipinski definition) is 2. The molecule has 1 atom stereocenters. The van der Waals surface area contributed by atoms with Crippen LogP contribution in [0.5, 0.6) is 0 Å². The van der Waals surface area contributed by atoms with Crippen molar-refractivity contribution in [3.05, 3.63) is 35.4 Å². The molecule has 1 aromatic rings. The Kier molecular flexibility index (Phi) is 6.24. The predicted molar refractivity (Wildman–Crippen MR) is 76.3 cm³/mol. The van der Waals surface area contributed by atoms with Crippen LogP contribution >= 0.6 is 12.4 Å². The van der Waals surface area contributed by atoms with E-state index in [1.165, 1.54) is 0 Å². The molecule has 1 aliphatic rings. The summed E-state index contributed by atoms with van der Waals surface area (Å²) in [6.07, 6.45) is 0.128. The molecule has 1 unspecified atom stereocenters. The second kappa shape index (κ2) is 7.45. The number of rotatable bonds is 4. The molecule has 1 amide bonds. The zero-order valence-corrected chi connectivity index (χ0v) is 11.6. The van der Waals surface area contributed by atoms with Crippen molar-refractivity contribution < 1.29 is 9.53 Å². The molecule has 0 saturated carbocycles. The van der Waals surface area contributed by atoms with Gasteiger partial charge < -0.3 is 16.2 Å². The Morgan fingerprint density at radius 2 is 2.05 bits per heavy atom. The van der Waals surface area contributed by atoms with E-state index in [4.69, 9.17) is 16.2 Å². The van der Waals surface area contributed by atoms with E-state index < -0.39 is 5.91 Å². The van der Waals surface area contributed by atoms with Crippen molar-refractivity contribution in [1.29, 1.82) is 0 Å². The zero-order chi connectivity index (χ0) is 13.0. The van der Waals surface area contributed by atoms with Crippen LogP contribution in [0.2, 0.25) is 0 Å². The fourth-order valence-electron chi connectivity index (χ4n) is 2.10. The van der Waals surface area contributed by atoms with Crippen molar-refractivity contribution >= 4 is 18.3 Å². The number of primary amides is 1. The molecule has 2 rings (SSSR count). The van der Waals surface area contributed by atoms with Crippen LogP contribution in [0, 0.1) is 0 Å². The zero-order valence-electron chi connectivity index (χ0n) is 10.7. The highest BCUT2D eigenvalue weighted by molar-refractivity contribution is 5.92. The Balaban J connectivity index is 0.00000180. The highest BCUT2D eigenvalue weighted by Gasteiger charge is 2.18. The van der Waals surface area contributed by atoms with E-state index in [2.05, 4.69) is 4.90 Å². The molecule has 5 nitrogen and oxygen atoms in total. The quantitative estimate of drug-likeness (QED) is 0.837. The maximum absolute atomic E-state index is 11.0. The van der Waals surface area contributed by atoms with Gasteiger partial charge in [-0.2, -0.15) is 0 Å². The van der Waals surface area contributed by atoms with Crippen LogP contribution in [-0.2, 0) is 11.3 Å².